The van der Waals surface area contributed by atoms with Crippen molar-refractivity contribution in [1.29, 1.82) is 0 Å². The van der Waals surface area contributed by atoms with E-state index in [1.165, 1.54) is 0 Å². The Kier molecular flexibility index (Phi) is 5.79. The zero-order valence-electron chi connectivity index (χ0n) is 13.0. The summed E-state index contributed by atoms with van der Waals surface area (Å²) < 4.78 is 26.8. The third-order valence-electron chi connectivity index (χ3n) is 4.01. The molecule has 0 amide bonds. The molecule has 0 aromatic heterocycles. The molecule has 0 aromatic carbocycles. The van der Waals surface area contributed by atoms with Crippen LogP contribution in [0.1, 0.15) is 34.6 Å². The standard InChI is InChI=1S/C13H29N3O2S/c1-10(2)14-7-13(5)19(17,18)16-8-11(3)15(6)12(4)9-16/h10-14H,7-9H2,1-6H3. The fraction of sp³-hybridized carbons (Fsp3) is 1.00. The quantitative estimate of drug-likeness (QED) is 0.811. The van der Waals surface area contributed by atoms with Crippen LogP contribution in [0.15, 0.2) is 0 Å². The second kappa shape index (κ2) is 6.52. The van der Waals surface area contributed by atoms with E-state index >= 15 is 0 Å². The molecule has 1 saturated heterocycles. The van der Waals surface area contributed by atoms with Gasteiger partial charge >= 0.3 is 0 Å². The fourth-order valence-corrected chi connectivity index (χ4v) is 3.99. The lowest BCUT2D eigenvalue weighted by Crippen LogP contribution is -2.58. The van der Waals surface area contributed by atoms with Gasteiger partial charge in [0.05, 0.1) is 5.25 Å². The van der Waals surface area contributed by atoms with Gasteiger partial charge in [0.1, 0.15) is 0 Å². The smallest absolute Gasteiger partial charge is 0.218 e. The van der Waals surface area contributed by atoms with Crippen LogP contribution in [0.25, 0.3) is 0 Å². The Bertz CT molecular complexity index is 371. The summed E-state index contributed by atoms with van der Waals surface area (Å²) in [5.74, 6) is 0. The van der Waals surface area contributed by atoms with E-state index in [-0.39, 0.29) is 17.3 Å². The van der Waals surface area contributed by atoms with Crippen LogP contribution in [0.2, 0.25) is 0 Å². The van der Waals surface area contributed by atoms with Gasteiger partial charge in [-0.2, -0.15) is 4.31 Å². The minimum atomic E-state index is -3.20. The lowest BCUT2D eigenvalue weighted by molar-refractivity contribution is 0.104. The number of hydrogen-bond acceptors (Lipinski definition) is 4. The molecule has 0 saturated carbocycles. The molecule has 0 spiro atoms. The van der Waals surface area contributed by atoms with Gasteiger partial charge in [0.25, 0.3) is 0 Å². The van der Waals surface area contributed by atoms with Gasteiger partial charge in [-0.25, -0.2) is 8.42 Å². The Morgan fingerprint density at radius 2 is 1.63 bits per heavy atom. The largest absolute Gasteiger partial charge is 0.313 e. The van der Waals surface area contributed by atoms with Crippen molar-refractivity contribution in [2.75, 3.05) is 26.7 Å². The van der Waals surface area contributed by atoms with E-state index < -0.39 is 10.0 Å². The van der Waals surface area contributed by atoms with E-state index in [4.69, 9.17) is 0 Å². The van der Waals surface area contributed by atoms with Crippen LogP contribution in [0.3, 0.4) is 0 Å². The monoisotopic (exact) mass is 291 g/mol. The van der Waals surface area contributed by atoms with E-state index in [9.17, 15) is 8.42 Å². The maximum absolute atomic E-state index is 12.6. The average molecular weight is 291 g/mol. The van der Waals surface area contributed by atoms with Crippen LogP contribution in [0.5, 0.6) is 0 Å². The maximum Gasteiger partial charge on any atom is 0.218 e. The average Bonchev–Trinajstić information content (AvgIpc) is 2.31. The molecule has 1 aliphatic rings. The van der Waals surface area contributed by atoms with E-state index in [0.717, 1.165) is 0 Å². The van der Waals surface area contributed by atoms with Gasteiger partial charge in [-0.1, -0.05) is 13.8 Å². The highest BCUT2D eigenvalue weighted by atomic mass is 32.2. The van der Waals surface area contributed by atoms with Crippen molar-refractivity contribution < 1.29 is 8.42 Å². The number of hydrogen-bond donors (Lipinski definition) is 1. The second-order valence-electron chi connectivity index (χ2n) is 6.10. The Labute approximate surface area is 118 Å². The van der Waals surface area contributed by atoms with Gasteiger partial charge < -0.3 is 5.32 Å². The number of likely N-dealkylation sites (N-methyl/N-ethyl adjacent to an activating group) is 1. The molecule has 3 unspecified atom stereocenters. The first-order valence-electron chi connectivity index (χ1n) is 7.10. The van der Waals surface area contributed by atoms with Crippen LogP contribution in [-0.4, -0.2) is 67.7 Å². The lowest BCUT2D eigenvalue weighted by atomic mass is 10.1. The molecular weight excluding hydrogens is 262 g/mol. The number of rotatable bonds is 5. The molecule has 1 N–H and O–H groups in total. The Balaban J connectivity index is 2.72. The Hall–Kier alpha value is -0.170. The first-order chi connectivity index (χ1) is 8.66. The van der Waals surface area contributed by atoms with Crippen molar-refractivity contribution in [3.63, 3.8) is 0 Å². The third-order valence-corrected chi connectivity index (χ3v) is 6.21. The lowest BCUT2D eigenvalue weighted by Gasteiger charge is -2.42. The number of sulfonamides is 1. The predicted molar refractivity (Wildman–Crippen MR) is 79.8 cm³/mol. The summed E-state index contributed by atoms with van der Waals surface area (Å²) in [6.07, 6.45) is 0. The molecule has 6 heteroatoms. The SMILES string of the molecule is CC(C)NCC(C)S(=O)(=O)N1CC(C)N(C)C(C)C1. The van der Waals surface area contributed by atoms with Crippen molar-refractivity contribution in [3.05, 3.63) is 0 Å². The molecule has 3 atom stereocenters. The van der Waals surface area contributed by atoms with Gasteiger partial charge in [-0.05, 0) is 27.8 Å². The molecule has 0 aromatic rings. The molecule has 0 radical (unpaired) electrons. The summed E-state index contributed by atoms with van der Waals surface area (Å²) in [6, 6.07) is 0.843. The van der Waals surface area contributed by atoms with Gasteiger partial charge in [-0.3, -0.25) is 4.90 Å². The predicted octanol–water partition coefficient (Wildman–Crippen LogP) is 0.727. The molecule has 0 aliphatic carbocycles. The number of piperazine rings is 1. The summed E-state index contributed by atoms with van der Waals surface area (Å²) in [5, 5.41) is 2.83. The van der Waals surface area contributed by atoms with Gasteiger partial charge in [0, 0.05) is 37.8 Å². The van der Waals surface area contributed by atoms with E-state index in [1.807, 2.05) is 13.8 Å². The highest BCUT2D eigenvalue weighted by molar-refractivity contribution is 7.89. The van der Waals surface area contributed by atoms with E-state index in [0.29, 0.717) is 25.7 Å². The maximum atomic E-state index is 12.6. The van der Waals surface area contributed by atoms with Crippen molar-refractivity contribution in [1.82, 2.24) is 14.5 Å². The Morgan fingerprint density at radius 1 is 1.16 bits per heavy atom. The van der Waals surface area contributed by atoms with Gasteiger partial charge in [0.2, 0.25) is 10.0 Å². The first-order valence-corrected chi connectivity index (χ1v) is 8.60. The van der Waals surface area contributed by atoms with E-state index in [2.05, 4.69) is 31.1 Å². The van der Waals surface area contributed by atoms with Crippen molar-refractivity contribution >= 4 is 10.0 Å². The topological polar surface area (TPSA) is 52.7 Å². The molecule has 1 aliphatic heterocycles. The summed E-state index contributed by atoms with van der Waals surface area (Å²) in [7, 11) is -1.14. The summed E-state index contributed by atoms with van der Waals surface area (Å²) in [4.78, 5) is 2.24. The third kappa shape index (κ3) is 4.15. The number of nitrogens with zero attached hydrogens (tertiary/aromatic N) is 2. The minimum Gasteiger partial charge on any atom is -0.313 e. The molecule has 5 nitrogen and oxygen atoms in total. The molecule has 19 heavy (non-hydrogen) atoms. The van der Waals surface area contributed by atoms with Crippen LogP contribution in [0.4, 0.5) is 0 Å². The van der Waals surface area contributed by atoms with Gasteiger partial charge in [0.15, 0.2) is 0 Å². The zero-order valence-corrected chi connectivity index (χ0v) is 13.9. The van der Waals surface area contributed by atoms with Crippen molar-refractivity contribution in [2.45, 2.75) is 58.0 Å². The van der Waals surface area contributed by atoms with E-state index in [1.54, 1.807) is 11.2 Å². The second-order valence-corrected chi connectivity index (χ2v) is 8.45. The van der Waals surface area contributed by atoms with Crippen LogP contribution in [-0.2, 0) is 10.0 Å². The highest BCUT2D eigenvalue weighted by Crippen LogP contribution is 2.19. The molecule has 114 valence electrons. The molecule has 0 bridgehead atoms. The van der Waals surface area contributed by atoms with Crippen molar-refractivity contribution in [3.8, 4) is 0 Å². The zero-order chi connectivity index (χ0) is 14.8. The fourth-order valence-electron chi connectivity index (χ4n) is 2.33. The van der Waals surface area contributed by atoms with Crippen molar-refractivity contribution in [2.24, 2.45) is 0 Å². The molecule has 1 rings (SSSR count). The molecule has 1 heterocycles. The minimum absolute atomic E-state index is 0.267. The van der Waals surface area contributed by atoms with Crippen LogP contribution in [0, 0.1) is 0 Å². The van der Waals surface area contributed by atoms with Gasteiger partial charge in [-0.15, -0.1) is 0 Å². The number of nitrogens with one attached hydrogen (secondary N) is 1. The summed E-state index contributed by atoms with van der Waals surface area (Å²) in [5.41, 5.74) is 0. The molecule has 1 fully saturated rings. The Morgan fingerprint density at radius 3 is 2.05 bits per heavy atom. The van der Waals surface area contributed by atoms with Crippen LogP contribution < -0.4 is 5.32 Å². The summed E-state index contributed by atoms with van der Waals surface area (Å²) >= 11 is 0. The normalized spacial score (nSPS) is 28.8. The molecular formula is C13H29N3O2S. The summed E-state index contributed by atoms with van der Waals surface area (Å²) in [6.45, 7) is 11.7. The first kappa shape index (κ1) is 16.9. The highest BCUT2D eigenvalue weighted by Gasteiger charge is 2.36. The van der Waals surface area contributed by atoms with Crippen LogP contribution >= 0.6 is 0 Å².